The Balaban J connectivity index is 0.000000289. The predicted molar refractivity (Wildman–Crippen MR) is 83.6 cm³/mol. The first-order valence-corrected chi connectivity index (χ1v) is 5.92. The Hall–Kier alpha value is -2.08. The molecule has 0 N–H and O–H groups in total. The van der Waals surface area contributed by atoms with Crippen LogP contribution in [-0.4, -0.2) is 0 Å². The van der Waals surface area contributed by atoms with Gasteiger partial charge in [-0.1, -0.05) is 78.4 Å². The van der Waals surface area contributed by atoms with E-state index in [9.17, 15) is 0 Å². The molecule has 0 nitrogen and oxygen atoms in total. The van der Waals surface area contributed by atoms with Crippen LogP contribution >= 0.6 is 0 Å². The Bertz CT molecular complexity index is 426. The Morgan fingerprint density at radius 3 is 1.39 bits per heavy atom. The molecule has 0 spiro atoms. The summed E-state index contributed by atoms with van der Waals surface area (Å²) in [6.07, 6.45) is 0. The standard InChI is InChI=1S/C9H10.C7H8.C2H4/c1-8(2)9-6-4-3-5-7-9;1-7-5-3-2-4-6-7;1-2/h3-7H,1H2,2H3;2-6H,1H3;1-2H2. The van der Waals surface area contributed by atoms with E-state index in [0.717, 1.165) is 5.57 Å². The largest absolute Gasteiger partial charge is 0.106 e. The van der Waals surface area contributed by atoms with E-state index in [-0.39, 0.29) is 0 Å². The lowest BCUT2D eigenvalue weighted by Crippen LogP contribution is -1.72. The first-order valence-electron chi connectivity index (χ1n) is 5.92. The topological polar surface area (TPSA) is 0 Å². The van der Waals surface area contributed by atoms with Gasteiger partial charge in [0.1, 0.15) is 0 Å². The van der Waals surface area contributed by atoms with Gasteiger partial charge in [0.15, 0.2) is 0 Å². The van der Waals surface area contributed by atoms with Gasteiger partial charge in [-0.15, -0.1) is 13.2 Å². The van der Waals surface area contributed by atoms with Crippen LogP contribution in [0, 0.1) is 6.92 Å². The van der Waals surface area contributed by atoms with Crippen molar-refractivity contribution in [1.82, 2.24) is 0 Å². The molecule has 0 aliphatic carbocycles. The molecule has 0 radical (unpaired) electrons. The minimum absolute atomic E-state index is 1.12. The molecule has 0 bridgehead atoms. The van der Waals surface area contributed by atoms with Gasteiger partial charge in [-0.2, -0.15) is 0 Å². The first-order chi connectivity index (χ1) is 8.70. The summed E-state index contributed by atoms with van der Waals surface area (Å²) in [5.41, 5.74) is 3.66. The molecule has 0 atom stereocenters. The molecule has 0 heterocycles. The number of aryl methyl sites for hydroxylation is 1. The minimum atomic E-state index is 1.12. The number of hydrogen-bond donors (Lipinski definition) is 0. The predicted octanol–water partition coefficient (Wildman–Crippen LogP) is 5.52. The van der Waals surface area contributed by atoms with Crippen LogP contribution < -0.4 is 0 Å². The van der Waals surface area contributed by atoms with Gasteiger partial charge in [0.25, 0.3) is 0 Å². The smallest absolute Gasteiger partial charge is 0.0233 e. The highest BCUT2D eigenvalue weighted by Gasteiger charge is 1.86. The van der Waals surface area contributed by atoms with Crippen LogP contribution in [0.4, 0.5) is 0 Å². The molecular formula is C18H22. The average molecular weight is 238 g/mol. The third-order valence-corrected chi connectivity index (χ3v) is 2.21. The van der Waals surface area contributed by atoms with Gasteiger partial charge in [0.05, 0.1) is 0 Å². The van der Waals surface area contributed by atoms with E-state index in [4.69, 9.17) is 0 Å². The molecule has 2 rings (SSSR count). The lowest BCUT2D eigenvalue weighted by atomic mass is 10.1. The minimum Gasteiger partial charge on any atom is -0.106 e. The molecule has 0 heteroatoms. The molecule has 0 aliphatic rings. The van der Waals surface area contributed by atoms with E-state index in [1.807, 2.05) is 43.3 Å². The molecular weight excluding hydrogens is 216 g/mol. The molecule has 18 heavy (non-hydrogen) atoms. The van der Waals surface area contributed by atoms with Gasteiger partial charge < -0.3 is 0 Å². The third kappa shape index (κ3) is 7.24. The van der Waals surface area contributed by atoms with E-state index < -0.39 is 0 Å². The molecule has 0 saturated heterocycles. The second kappa shape index (κ2) is 10.1. The fraction of sp³-hybridized carbons (Fsp3) is 0.111. The number of allylic oxidation sites excluding steroid dienone is 1. The van der Waals surface area contributed by atoms with Gasteiger partial charge in [0.2, 0.25) is 0 Å². The molecule has 94 valence electrons. The van der Waals surface area contributed by atoms with E-state index in [0.29, 0.717) is 0 Å². The van der Waals surface area contributed by atoms with Crippen molar-refractivity contribution in [3.05, 3.63) is 91.5 Å². The first kappa shape index (κ1) is 15.9. The third-order valence-electron chi connectivity index (χ3n) is 2.21. The summed E-state index contributed by atoms with van der Waals surface area (Å²) in [6.45, 7) is 13.9. The van der Waals surface area contributed by atoms with Crippen molar-refractivity contribution in [3.63, 3.8) is 0 Å². The number of rotatable bonds is 1. The molecule has 0 saturated carbocycles. The zero-order valence-corrected chi connectivity index (χ0v) is 11.4. The van der Waals surface area contributed by atoms with Crippen molar-refractivity contribution in [1.29, 1.82) is 0 Å². The Kier molecular flexibility index (Phi) is 8.93. The SMILES string of the molecule is C=C.C=C(C)c1ccccc1.Cc1ccccc1. The molecule has 0 aliphatic heterocycles. The summed E-state index contributed by atoms with van der Waals surface area (Å²) in [6, 6.07) is 20.4. The average Bonchev–Trinajstić information content (AvgIpc) is 2.43. The summed E-state index contributed by atoms with van der Waals surface area (Å²) < 4.78 is 0. The molecule has 2 aromatic rings. The monoisotopic (exact) mass is 238 g/mol. The summed E-state index contributed by atoms with van der Waals surface area (Å²) in [4.78, 5) is 0. The Labute approximate surface area is 111 Å². The van der Waals surface area contributed by atoms with Crippen LogP contribution in [0.2, 0.25) is 0 Å². The Morgan fingerprint density at radius 1 is 0.778 bits per heavy atom. The van der Waals surface area contributed by atoms with Crippen molar-refractivity contribution in [2.45, 2.75) is 13.8 Å². The Morgan fingerprint density at radius 2 is 1.17 bits per heavy atom. The lowest BCUT2D eigenvalue weighted by Gasteiger charge is -1.94. The van der Waals surface area contributed by atoms with Crippen LogP contribution in [0.3, 0.4) is 0 Å². The van der Waals surface area contributed by atoms with Crippen molar-refractivity contribution < 1.29 is 0 Å². The number of benzene rings is 2. The quantitative estimate of drug-likeness (QED) is 0.574. The molecule has 0 unspecified atom stereocenters. The van der Waals surface area contributed by atoms with E-state index >= 15 is 0 Å². The summed E-state index contributed by atoms with van der Waals surface area (Å²) in [5, 5.41) is 0. The maximum atomic E-state index is 3.83. The summed E-state index contributed by atoms with van der Waals surface area (Å²) in [5.74, 6) is 0. The van der Waals surface area contributed by atoms with Gasteiger partial charge in [-0.25, -0.2) is 0 Å². The highest BCUT2D eigenvalue weighted by atomic mass is 13.9. The van der Waals surface area contributed by atoms with E-state index in [2.05, 4.69) is 50.9 Å². The fourth-order valence-electron chi connectivity index (χ4n) is 1.26. The van der Waals surface area contributed by atoms with Gasteiger partial charge in [-0.3, -0.25) is 0 Å². The molecule has 2 aromatic carbocycles. The van der Waals surface area contributed by atoms with Gasteiger partial charge >= 0.3 is 0 Å². The van der Waals surface area contributed by atoms with Crippen LogP contribution in [0.15, 0.2) is 80.4 Å². The van der Waals surface area contributed by atoms with Crippen LogP contribution in [0.25, 0.3) is 5.57 Å². The molecule has 0 fully saturated rings. The fourth-order valence-corrected chi connectivity index (χ4v) is 1.26. The zero-order chi connectivity index (χ0) is 13.8. The second-order valence-corrected chi connectivity index (χ2v) is 3.80. The van der Waals surface area contributed by atoms with Crippen molar-refractivity contribution >= 4 is 5.57 Å². The lowest BCUT2D eigenvalue weighted by molar-refractivity contribution is 1.48. The molecule has 0 aromatic heterocycles. The maximum Gasteiger partial charge on any atom is -0.0233 e. The molecule has 0 amide bonds. The van der Waals surface area contributed by atoms with Gasteiger partial charge in [-0.05, 0) is 19.4 Å². The van der Waals surface area contributed by atoms with Crippen LogP contribution in [-0.2, 0) is 0 Å². The summed E-state index contributed by atoms with van der Waals surface area (Å²) in [7, 11) is 0. The normalized spacial score (nSPS) is 8.11. The zero-order valence-electron chi connectivity index (χ0n) is 11.4. The highest BCUT2D eigenvalue weighted by Crippen LogP contribution is 2.08. The van der Waals surface area contributed by atoms with Crippen LogP contribution in [0.1, 0.15) is 18.1 Å². The van der Waals surface area contributed by atoms with E-state index in [1.54, 1.807) is 0 Å². The van der Waals surface area contributed by atoms with Crippen molar-refractivity contribution in [2.75, 3.05) is 0 Å². The van der Waals surface area contributed by atoms with Crippen molar-refractivity contribution in [2.24, 2.45) is 0 Å². The van der Waals surface area contributed by atoms with Crippen LogP contribution in [0.5, 0.6) is 0 Å². The number of hydrogen-bond acceptors (Lipinski definition) is 0. The summed E-state index contributed by atoms with van der Waals surface area (Å²) >= 11 is 0. The second-order valence-electron chi connectivity index (χ2n) is 3.80. The van der Waals surface area contributed by atoms with Crippen molar-refractivity contribution in [3.8, 4) is 0 Å². The van der Waals surface area contributed by atoms with E-state index in [1.165, 1.54) is 11.1 Å². The maximum absolute atomic E-state index is 3.83. The highest BCUT2D eigenvalue weighted by molar-refractivity contribution is 5.60. The van der Waals surface area contributed by atoms with Gasteiger partial charge in [0, 0.05) is 0 Å².